The molecule has 4 unspecified atom stereocenters. The van der Waals surface area contributed by atoms with Crippen molar-refractivity contribution in [1.29, 1.82) is 0 Å². The highest BCUT2D eigenvalue weighted by Crippen LogP contribution is 2.57. The van der Waals surface area contributed by atoms with Crippen molar-refractivity contribution in [3.63, 3.8) is 0 Å². The first-order valence-corrected chi connectivity index (χ1v) is 27.4. The second-order valence-electron chi connectivity index (χ2n) is 17.7. The number of rotatable bonds is 18. The van der Waals surface area contributed by atoms with Gasteiger partial charge in [0.15, 0.2) is 5.60 Å². The van der Waals surface area contributed by atoms with Gasteiger partial charge in [-0.2, -0.15) is 0 Å². The van der Waals surface area contributed by atoms with Gasteiger partial charge in [0.1, 0.15) is 83.7 Å². The zero-order valence-electron chi connectivity index (χ0n) is 39.6. The van der Waals surface area contributed by atoms with Crippen LogP contribution in [0.15, 0.2) is 144 Å². The Balaban J connectivity index is 0.849. The second-order valence-corrected chi connectivity index (χ2v) is 22.0. The molecule has 0 bridgehead atoms. The van der Waals surface area contributed by atoms with E-state index in [1.54, 1.807) is 48.5 Å². The van der Waals surface area contributed by atoms with Crippen LogP contribution >= 0.6 is 46.2 Å². The number of nitrogens with one attached hydrogen (secondary N) is 2. The number of thioether (sulfide) groups is 2. The van der Waals surface area contributed by atoms with Crippen LogP contribution in [0.25, 0.3) is 0 Å². The molecule has 21 heteroatoms. The third-order valence-electron chi connectivity index (χ3n) is 13.1. The molecule has 3 aromatic carbocycles. The largest absolute Gasteiger partial charge is 0.489 e. The first kappa shape index (κ1) is 49.6. The van der Waals surface area contributed by atoms with Crippen molar-refractivity contribution in [3.05, 3.63) is 176 Å². The molecule has 4 amide bonds. The average Bonchev–Trinajstić information content (AvgIpc) is 4.27. The Kier molecular flexibility index (Phi) is 13.6. The number of nitrogens with zero attached hydrogens (tertiary/aromatic N) is 2. The Morgan fingerprint density at radius 2 is 1.15 bits per heavy atom. The van der Waals surface area contributed by atoms with E-state index in [0.29, 0.717) is 44.9 Å². The normalized spacial score (nSPS) is 21.7. The smallest absolute Gasteiger partial charge is 0.355 e. The van der Waals surface area contributed by atoms with Crippen LogP contribution < -0.4 is 24.8 Å². The number of β-lactam (4-membered cyclic amide) rings is 2. The number of esters is 3. The number of amides is 4. The molecule has 17 nitrogen and oxygen atoms in total. The maximum atomic E-state index is 13.7. The maximum Gasteiger partial charge on any atom is 0.355 e. The lowest BCUT2D eigenvalue weighted by Gasteiger charge is -2.49. The van der Waals surface area contributed by atoms with Crippen molar-refractivity contribution in [2.75, 3.05) is 37.9 Å². The Bertz CT molecular complexity index is 3100. The molecular weight excluding hydrogens is 1040 g/mol. The van der Waals surface area contributed by atoms with Gasteiger partial charge in [0.05, 0.1) is 18.4 Å². The molecule has 11 rings (SSSR count). The maximum absolute atomic E-state index is 13.7. The molecule has 0 aliphatic carbocycles. The van der Waals surface area contributed by atoms with Crippen LogP contribution in [-0.2, 0) is 61.4 Å². The van der Waals surface area contributed by atoms with Gasteiger partial charge < -0.3 is 39.1 Å². The van der Waals surface area contributed by atoms with Gasteiger partial charge in [-0.3, -0.25) is 29.0 Å². The van der Waals surface area contributed by atoms with Crippen molar-refractivity contribution in [3.8, 4) is 23.0 Å². The first-order chi connectivity index (χ1) is 36.5. The minimum Gasteiger partial charge on any atom is -0.489 e. The molecule has 5 aromatic rings. The fourth-order valence-corrected chi connectivity index (χ4v) is 13.8. The second kappa shape index (κ2) is 20.6. The number of thiophene rings is 2. The van der Waals surface area contributed by atoms with Crippen LogP contribution in [-0.4, -0.2) is 112 Å². The fourth-order valence-electron chi connectivity index (χ4n) is 9.72. The fraction of sp³-hybridized carbons (Fsp3) is 0.241. The molecule has 8 heterocycles. The standard InChI is InChI=1S/C54H44N4O13S4/c1-3-17-66-52(64)45-29(27-74-49-43(47(61)57(45)49)55-41(59)23-33-9-7-19-72-33)25-68-31-13-15-37-39(21-31)70-40-22-32(14-16-38(40)54(37)36-12-6-5-11-35(36)51(63)71-54)69-26-30-28-75-50-44(56-42(60)24-34-10-8-20-73-34)48(62)58(50)46(30)53(65)67-18-4-2/h3-16,19-22,43-44,49-50H,1-2,17-18,23-28H2,(H,55,59)(H,56,60). The Hall–Kier alpha value is -7.59. The summed E-state index contributed by atoms with van der Waals surface area (Å²) in [6, 6.07) is 23.0. The monoisotopic (exact) mass is 1080 g/mol. The van der Waals surface area contributed by atoms with E-state index >= 15 is 0 Å². The third kappa shape index (κ3) is 9.06. The van der Waals surface area contributed by atoms with E-state index < -0.39 is 58.2 Å². The molecule has 2 fully saturated rings. The molecule has 6 aliphatic rings. The molecule has 382 valence electrons. The molecule has 75 heavy (non-hydrogen) atoms. The summed E-state index contributed by atoms with van der Waals surface area (Å²) in [6.45, 7) is 6.85. The lowest BCUT2D eigenvalue weighted by molar-refractivity contribution is -0.152. The van der Waals surface area contributed by atoms with Crippen LogP contribution in [0.1, 0.15) is 36.8 Å². The van der Waals surface area contributed by atoms with Crippen molar-refractivity contribution in [1.82, 2.24) is 20.4 Å². The molecule has 2 N–H and O–H groups in total. The van der Waals surface area contributed by atoms with Gasteiger partial charge in [0.25, 0.3) is 11.8 Å². The Labute approximate surface area is 445 Å². The molecule has 0 radical (unpaired) electrons. The average molecular weight is 1090 g/mol. The lowest BCUT2D eigenvalue weighted by Crippen LogP contribution is -2.70. The predicted octanol–water partition coefficient (Wildman–Crippen LogP) is 6.39. The molecule has 2 aromatic heterocycles. The highest BCUT2D eigenvalue weighted by molar-refractivity contribution is 8.00. The van der Waals surface area contributed by atoms with Crippen molar-refractivity contribution < 1.29 is 62.0 Å². The van der Waals surface area contributed by atoms with E-state index in [4.69, 9.17) is 28.4 Å². The Morgan fingerprint density at radius 3 is 1.61 bits per heavy atom. The number of carbonyl (C=O) groups excluding carboxylic acids is 7. The van der Waals surface area contributed by atoms with E-state index in [-0.39, 0.29) is 85.5 Å². The number of ether oxygens (including phenoxy) is 6. The number of carbonyl (C=O) groups is 7. The van der Waals surface area contributed by atoms with Gasteiger partial charge in [0.2, 0.25) is 11.8 Å². The summed E-state index contributed by atoms with van der Waals surface area (Å²) < 4.78 is 36.6. The molecule has 4 atom stereocenters. The van der Waals surface area contributed by atoms with Gasteiger partial charge in [-0.1, -0.05) is 55.6 Å². The van der Waals surface area contributed by atoms with Gasteiger partial charge in [-0.15, -0.1) is 46.2 Å². The summed E-state index contributed by atoms with van der Waals surface area (Å²) in [6.07, 6.45) is 3.11. The van der Waals surface area contributed by atoms with Crippen LogP contribution in [0.3, 0.4) is 0 Å². The Morgan fingerprint density at radius 1 is 0.653 bits per heavy atom. The zero-order valence-corrected chi connectivity index (χ0v) is 42.9. The van der Waals surface area contributed by atoms with E-state index in [1.165, 1.54) is 68.1 Å². The van der Waals surface area contributed by atoms with Gasteiger partial charge in [0, 0.05) is 61.2 Å². The number of fused-ring (bicyclic) bond motifs is 8. The summed E-state index contributed by atoms with van der Waals surface area (Å²) in [7, 11) is 0. The van der Waals surface area contributed by atoms with Crippen LogP contribution in [0.4, 0.5) is 0 Å². The summed E-state index contributed by atoms with van der Waals surface area (Å²) in [5, 5.41) is 8.34. The van der Waals surface area contributed by atoms with E-state index in [1.807, 2.05) is 47.2 Å². The van der Waals surface area contributed by atoms with Crippen molar-refractivity contribution in [2.45, 2.75) is 41.3 Å². The quantitative estimate of drug-likeness (QED) is 0.0423. The zero-order chi connectivity index (χ0) is 52.0. The van der Waals surface area contributed by atoms with E-state index in [0.717, 1.165) is 9.75 Å². The third-order valence-corrected chi connectivity index (χ3v) is 17.5. The minimum atomic E-state index is -1.45. The SMILES string of the molecule is C=CCOC(=O)C1=C(COc2ccc3c(c2)Oc2cc(OCC4=C(C(=O)OCC=C)N5C(=O)C(NC(=O)Cc6cccs6)C5SC4)ccc2C32OC(=O)c3ccccc32)CSC2C(NC(=O)Cc3cccs3)C(=O)N12. The van der Waals surface area contributed by atoms with Crippen LogP contribution in [0.2, 0.25) is 0 Å². The number of hydrogen-bond acceptors (Lipinski definition) is 17. The van der Waals surface area contributed by atoms with Gasteiger partial charge in [-0.25, -0.2) is 14.4 Å². The summed E-state index contributed by atoms with van der Waals surface area (Å²) in [5.74, 6) is -1.70. The predicted molar refractivity (Wildman–Crippen MR) is 278 cm³/mol. The van der Waals surface area contributed by atoms with Gasteiger partial charge in [-0.05, 0) is 53.2 Å². The number of benzene rings is 3. The van der Waals surface area contributed by atoms with E-state index in [2.05, 4.69) is 23.8 Å². The number of hydrogen-bond donors (Lipinski definition) is 2. The highest BCUT2D eigenvalue weighted by Gasteiger charge is 2.57. The van der Waals surface area contributed by atoms with Crippen molar-refractivity contribution in [2.24, 2.45) is 0 Å². The molecule has 0 saturated carbocycles. The molecule has 1 spiro atoms. The lowest BCUT2D eigenvalue weighted by atomic mass is 9.77. The molecule has 6 aliphatic heterocycles. The van der Waals surface area contributed by atoms with Crippen LogP contribution in [0.5, 0.6) is 23.0 Å². The topological polar surface area (TPSA) is 205 Å². The first-order valence-electron chi connectivity index (χ1n) is 23.6. The summed E-state index contributed by atoms with van der Waals surface area (Å²) >= 11 is 5.67. The summed E-state index contributed by atoms with van der Waals surface area (Å²) in [5.41, 5.74) is 1.58. The molecular formula is C54H44N4O13S4. The minimum absolute atomic E-state index is 0.0382. The summed E-state index contributed by atoms with van der Waals surface area (Å²) in [4.78, 5) is 98.4. The highest BCUT2D eigenvalue weighted by atomic mass is 32.2. The van der Waals surface area contributed by atoms with Crippen LogP contribution in [0, 0.1) is 0 Å². The van der Waals surface area contributed by atoms with E-state index in [9.17, 15) is 33.6 Å². The molecule has 2 saturated heterocycles. The van der Waals surface area contributed by atoms with Gasteiger partial charge >= 0.3 is 17.9 Å². The van der Waals surface area contributed by atoms with Crippen molar-refractivity contribution >= 4 is 87.7 Å².